The van der Waals surface area contributed by atoms with Gasteiger partial charge in [-0.3, -0.25) is 4.79 Å². The molecule has 0 amide bonds. The lowest BCUT2D eigenvalue weighted by molar-refractivity contribution is 0.977. The van der Waals surface area contributed by atoms with Crippen LogP contribution in [0.1, 0.15) is 17.0 Å². The molecule has 0 spiro atoms. The summed E-state index contributed by atoms with van der Waals surface area (Å²) >= 11 is 17.2. The molecule has 7 heteroatoms. The molecule has 0 radical (unpaired) electrons. The number of nitrogens with one attached hydrogen (secondary N) is 1. The van der Waals surface area contributed by atoms with Crippen LogP contribution in [-0.2, 0) is 6.42 Å². The van der Waals surface area contributed by atoms with Gasteiger partial charge < -0.3 is 4.98 Å². The Kier molecular flexibility index (Phi) is 5.12. The zero-order chi connectivity index (χ0) is 19.1. The smallest absolute Gasteiger partial charge is 0.260 e. The summed E-state index contributed by atoms with van der Waals surface area (Å²) < 4.78 is 0.948. The molecule has 2 heterocycles. The minimum absolute atomic E-state index is 0.148. The molecule has 0 saturated carbocycles. The van der Waals surface area contributed by atoms with E-state index in [9.17, 15) is 4.79 Å². The molecule has 0 atom stereocenters. The van der Waals surface area contributed by atoms with Crippen LogP contribution in [-0.4, -0.2) is 9.97 Å². The highest BCUT2D eigenvalue weighted by atomic mass is 79.9. The van der Waals surface area contributed by atoms with Crippen LogP contribution in [0.3, 0.4) is 0 Å². The van der Waals surface area contributed by atoms with Gasteiger partial charge in [0.25, 0.3) is 5.56 Å². The first-order valence-electron chi connectivity index (χ1n) is 8.13. The van der Waals surface area contributed by atoms with E-state index in [2.05, 4.69) is 32.0 Å². The van der Waals surface area contributed by atoms with Crippen molar-refractivity contribution < 1.29 is 0 Å². The number of benzene rings is 2. The van der Waals surface area contributed by atoms with Gasteiger partial charge in [-0.15, -0.1) is 11.3 Å². The first kappa shape index (κ1) is 18.7. The topological polar surface area (TPSA) is 45.8 Å². The van der Waals surface area contributed by atoms with Gasteiger partial charge in [0.05, 0.1) is 5.39 Å². The number of thiophene rings is 1. The summed E-state index contributed by atoms with van der Waals surface area (Å²) in [4.78, 5) is 21.1. The highest BCUT2D eigenvalue weighted by Gasteiger charge is 2.15. The van der Waals surface area contributed by atoms with Crippen LogP contribution < -0.4 is 5.56 Å². The Morgan fingerprint density at radius 3 is 2.74 bits per heavy atom. The van der Waals surface area contributed by atoms with E-state index in [4.69, 9.17) is 23.2 Å². The van der Waals surface area contributed by atoms with Crippen molar-refractivity contribution in [3.63, 3.8) is 0 Å². The van der Waals surface area contributed by atoms with Gasteiger partial charge in [0.1, 0.15) is 10.7 Å². The molecule has 4 rings (SSSR count). The highest BCUT2D eigenvalue weighted by molar-refractivity contribution is 9.10. The average molecular weight is 480 g/mol. The number of nitrogens with zero attached hydrogens (tertiary/aromatic N) is 1. The normalized spacial score (nSPS) is 11.3. The summed E-state index contributed by atoms with van der Waals surface area (Å²) in [5.74, 6) is 0.577. The molecule has 0 unspecified atom stereocenters. The van der Waals surface area contributed by atoms with Gasteiger partial charge in [-0.2, -0.15) is 0 Å². The van der Waals surface area contributed by atoms with Gasteiger partial charge in [0.2, 0.25) is 0 Å². The summed E-state index contributed by atoms with van der Waals surface area (Å²) in [5.41, 5.74) is 3.72. The van der Waals surface area contributed by atoms with Crippen LogP contribution in [0, 0.1) is 6.92 Å². The molecule has 0 bridgehead atoms. The van der Waals surface area contributed by atoms with E-state index in [1.165, 1.54) is 11.3 Å². The molecule has 27 heavy (non-hydrogen) atoms. The number of aromatic amines is 1. The lowest BCUT2D eigenvalue weighted by Crippen LogP contribution is -2.12. The summed E-state index contributed by atoms with van der Waals surface area (Å²) in [6, 6.07) is 11.4. The van der Waals surface area contributed by atoms with Gasteiger partial charge in [0.15, 0.2) is 0 Å². The molecule has 0 aliphatic carbocycles. The van der Waals surface area contributed by atoms with Gasteiger partial charge in [-0.1, -0.05) is 62.9 Å². The van der Waals surface area contributed by atoms with E-state index < -0.39 is 0 Å². The summed E-state index contributed by atoms with van der Waals surface area (Å²) in [7, 11) is 0. The van der Waals surface area contributed by atoms with Gasteiger partial charge >= 0.3 is 0 Å². The number of aryl methyl sites for hydroxylation is 1. The molecule has 0 fully saturated rings. The Labute approximate surface area is 178 Å². The Hall–Kier alpha value is -1.66. The maximum absolute atomic E-state index is 12.8. The number of halogens is 3. The van der Waals surface area contributed by atoms with E-state index in [0.29, 0.717) is 32.5 Å². The van der Waals surface area contributed by atoms with E-state index >= 15 is 0 Å². The van der Waals surface area contributed by atoms with Crippen LogP contribution in [0.2, 0.25) is 10.0 Å². The molecule has 3 nitrogen and oxygen atoms in total. The molecule has 2 aromatic heterocycles. The van der Waals surface area contributed by atoms with Crippen molar-refractivity contribution in [1.82, 2.24) is 9.97 Å². The first-order chi connectivity index (χ1) is 12.9. The molecule has 0 aliphatic rings. The zero-order valence-corrected chi connectivity index (χ0v) is 18.1. The molecule has 0 aliphatic heterocycles. The fraction of sp³-hybridized carbons (Fsp3) is 0.100. The van der Waals surface area contributed by atoms with Crippen molar-refractivity contribution in [3.8, 4) is 11.1 Å². The second-order valence-corrected chi connectivity index (χ2v) is 8.79. The monoisotopic (exact) mass is 478 g/mol. The minimum atomic E-state index is -0.148. The Bertz CT molecular complexity index is 1230. The van der Waals surface area contributed by atoms with Crippen molar-refractivity contribution in [1.29, 1.82) is 0 Å². The standard InChI is InChI=1S/C20H13BrCl2N2OS/c1-10-2-5-15(21)13(6-10)14-9-27-20-18(14)19(26)24-17(25-20)7-11-3-4-12(22)8-16(11)23/h2-6,8-9H,7H2,1H3,(H,24,25,26). The van der Waals surface area contributed by atoms with Crippen LogP contribution in [0.5, 0.6) is 0 Å². The molecule has 4 aromatic rings. The largest absolute Gasteiger partial charge is 0.310 e. The van der Waals surface area contributed by atoms with Gasteiger partial charge in [0, 0.05) is 31.9 Å². The Morgan fingerprint density at radius 1 is 1.15 bits per heavy atom. The maximum atomic E-state index is 12.8. The first-order valence-corrected chi connectivity index (χ1v) is 10.6. The fourth-order valence-electron chi connectivity index (χ4n) is 2.97. The second-order valence-electron chi connectivity index (χ2n) is 6.24. The van der Waals surface area contributed by atoms with Crippen LogP contribution >= 0.6 is 50.5 Å². The van der Waals surface area contributed by atoms with Crippen molar-refractivity contribution in [2.24, 2.45) is 0 Å². The maximum Gasteiger partial charge on any atom is 0.260 e. The SMILES string of the molecule is Cc1ccc(Br)c(-c2csc3nc(Cc4ccc(Cl)cc4Cl)[nH]c(=O)c23)c1. The van der Waals surface area contributed by atoms with E-state index in [1.807, 2.05) is 30.5 Å². The Balaban J connectivity index is 1.80. The van der Waals surface area contributed by atoms with E-state index in [0.717, 1.165) is 26.7 Å². The number of aromatic nitrogens is 2. The van der Waals surface area contributed by atoms with Crippen molar-refractivity contribution >= 4 is 60.7 Å². The molecule has 1 N–H and O–H groups in total. The van der Waals surface area contributed by atoms with E-state index in [1.54, 1.807) is 12.1 Å². The third-order valence-electron chi connectivity index (χ3n) is 4.28. The lowest BCUT2D eigenvalue weighted by Gasteiger charge is -2.06. The van der Waals surface area contributed by atoms with Crippen molar-refractivity contribution in [2.45, 2.75) is 13.3 Å². The fourth-order valence-corrected chi connectivity index (χ4v) is 4.86. The Morgan fingerprint density at radius 2 is 1.96 bits per heavy atom. The summed E-state index contributed by atoms with van der Waals surface area (Å²) in [6.45, 7) is 2.03. The molecule has 0 saturated heterocycles. The van der Waals surface area contributed by atoms with Gasteiger partial charge in [-0.05, 0) is 36.2 Å². The highest BCUT2D eigenvalue weighted by Crippen LogP contribution is 2.36. The number of fused-ring (bicyclic) bond motifs is 1. The number of rotatable bonds is 3. The van der Waals surface area contributed by atoms with E-state index in [-0.39, 0.29) is 5.56 Å². The molecule has 136 valence electrons. The summed E-state index contributed by atoms with van der Waals surface area (Å²) in [5, 5.41) is 3.72. The lowest BCUT2D eigenvalue weighted by atomic mass is 10.0. The van der Waals surface area contributed by atoms with Crippen LogP contribution in [0.25, 0.3) is 21.3 Å². The predicted octanol–water partition coefficient (Wildman–Crippen LogP) is 6.62. The second kappa shape index (κ2) is 7.40. The van der Waals surface area contributed by atoms with Gasteiger partial charge in [-0.25, -0.2) is 4.98 Å². The third kappa shape index (κ3) is 3.69. The molecule has 2 aromatic carbocycles. The average Bonchev–Trinajstić information content (AvgIpc) is 3.04. The molecular weight excluding hydrogens is 467 g/mol. The zero-order valence-electron chi connectivity index (χ0n) is 14.1. The minimum Gasteiger partial charge on any atom is -0.310 e. The summed E-state index contributed by atoms with van der Waals surface area (Å²) in [6.07, 6.45) is 0.433. The van der Waals surface area contributed by atoms with Crippen LogP contribution in [0.15, 0.2) is 51.0 Å². The number of hydrogen-bond donors (Lipinski definition) is 1. The van der Waals surface area contributed by atoms with Crippen LogP contribution in [0.4, 0.5) is 0 Å². The third-order valence-corrected chi connectivity index (χ3v) is 6.43. The van der Waals surface area contributed by atoms with Crippen molar-refractivity contribution in [3.05, 3.63) is 83.6 Å². The van der Waals surface area contributed by atoms with Crippen molar-refractivity contribution in [2.75, 3.05) is 0 Å². The number of H-pyrrole nitrogens is 1. The quantitative estimate of drug-likeness (QED) is 0.358. The predicted molar refractivity (Wildman–Crippen MR) is 117 cm³/mol. The number of hydrogen-bond acceptors (Lipinski definition) is 3. The molecular formula is C20H13BrCl2N2OS.